The number of piperazine rings is 1. The molecule has 1 aromatic rings. The summed E-state index contributed by atoms with van der Waals surface area (Å²) < 4.78 is 0. The number of rotatable bonds is 3. The van der Waals surface area contributed by atoms with Gasteiger partial charge in [-0.25, -0.2) is 4.98 Å². The van der Waals surface area contributed by atoms with E-state index < -0.39 is 6.10 Å². The second-order valence-electron chi connectivity index (χ2n) is 5.77. The Bertz CT molecular complexity index is 579. The molecule has 1 atom stereocenters. The van der Waals surface area contributed by atoms with Crippen LogP contribution in [-0.2, 0) is 9.63 Å². The molecular weight excluding hydrogens is 280 g/mol. The second kappa shape index (κ2) is 6.34. The van der Waals surface area contributed by atoms with Gasteiger partial charge in [-0.1, -0.05) is 18.1 Å². The van der Waals surface area contributed by atoms with Crippen LogP contribution in [0.25, 0.3) is 0 Å². The first-order valence-corrected chi connectivity index (χ1v) is 7.86. The van der Waals surface area contributed by atoms with E-state index >= 15 is 0 Å². The van der Waals surface area contributed by atoms with Gasteiger partial charge in [-0.15, -0.1) is 0 Å². The maximum atomic E-state index is 12.5. The first kappa shape index (κ1) is 14.8. The average molecular weight is 302 g/mol. The Morgan fingerprint density at radius 2 is 2.14 bits per heavy atom. The third-order valence-corrected chi connectivity index (χ3v) is 4.29. The van der Waals surface area contributed by atoms with Gasteiger partial charge in [0, 0.05) is 38.8 Å². The zero-order valence-electron chi connectivity index (χ0n) is 13.2. The third-order valence-electron chi connectivity index (χ3n) is 4.29. The molecule has 1 amide bonds. The third kappa shape index (κ3) is 2.91. The molecule has 0 bridgehead atoms. The molecule has 0 saturated carbocycles. The number of aryl methyl sites for hydroxylation is 1. The molecular formula is C16H22N4O2. The van der Waals surface area contributed by atoms with Gasteiger partial charge < -0.3 is 14.6 Å². The van der Waals surface area contributed by atoms with Crippen molar-refractivity contribution in [1.29, 1.82) is 0 Å². The van der Waals surface area contributed by atoms with E-state index in [1.54, 1.807) is 0 Å². The van der Waals surface area contributed by atoms with Crippen LogP contribution in [0.3, 0.4) is 0 Å². The number of nitrogens with zero attached hydrogens (tertiary/aromatic N) is 4. The lowest BCUT2D eigenvalue weighted by atomic mass is 10.1. The van der Waals surface area contributed by atoms with Gasteiger partial charge >= 0.3 is 0 Å². The van der Waals surface area contributed by atoms with Gasteiger partial charge in [-0.3, -0.25) is 4.79 Å². The fourth-order valence-corrected chi connectivity index (χ4v) is 2.92. The van der Waals surface area contributed by atoms with Gasteiger partial charge in [0.05, 0.1) is 5.71 Å². The Kier molecular flexibility index (Phi) is 4.27. The average Bonchev–Trinajstić information content (AvgIpc) is 3.04. The lowest BCUT2D eigenvalue weighted by Crippen LogP contribution is -2.51. The van der Waals surface area contributed by atoms with E-state index in [2.05, 4.69) is 28.0 Å². The first-order chi connectivity index (χ1) is 10.7. The zero-order chi connectivity index (χ0) is 15.5. The summed E-state index contributed by atoms with van der Waals surface area (Å²) in [6.45, 7) is 7.11. The standard InChI is InChI=1S/C16H22N4O2/c1-3-13-11-14(22-18-13)16(21)20-9-7-19(8-10-20)15-12(2)5-4-6-17-15/h4-6,14H,3,7-11H2,1-2H3. The number of anilines is 1. The molecule has 2 aliphatic rings. The van der Waals surface area contributed by atoms with Crippen molar-refractivity contribution in [2.45, 2.75) is 32.8 Å². The summed E-state index contributed by atoms with van der Waals surface area (Å²) >= 11 is 0. The molecule has 0 aliphatic carbocycles. The zero-order valence-corrected chi connectivity index (χ0v) is 13.2. The van der Waals surface area contributed by atoms with Crippen LogP contribution in [0.2, 0.25) is 0 Å². The minimum Gasteiger partial charge on any atom is -0.382 e. The summed E-state index contributed by atoms with van der Waals surface area (Å²) in [6.07, 6.45) is 2.87. The van der Waals surface area contributed by atoms with Crippen LogP contribution in [-0.4, -0.2) is 53.8 Å². The number of oxime groups is 1. The van der Waals surface area contributed by atoms with Gasteiger partial charge in [0.2, 0.25) is 6.10 Å². The lowest BCUT2D eigenvalue weighted by molar-refractivity contribution is -0.142. The first-order valence-electron chi connectivity index (χ1n) is 7.86. The predicted molar refractivity (Wildman–Crippen MR) is 85.0 cm³/mol. The summed E-state index contributed by atoms with van der Waals surface area (Å²) in [7, 11) is 0. The Balaban J connectivity index is 1.56. The quantitative estimate of drug-likeness (QED) is 0.851. The number of pyridine rings is 1. The van der Waals surface area contributed by atoms with Crippen LogP contribution in [0.4, 0.5) is 5.82 Å². The molecule has 1 fully saturated rings. The normalized spacial score (nSPS) is 21.5. The van der Waals surface area contributed by atoms with Gasteiger partial charge in [0.1, 0.15) is 5.82 Å². The molecule has 0 aromatic carbocycles. The lowest BCUT2D eigenvalue weighted by Gasteiger charge is -2.36. The number of amides is 1. The topological polar surface area (TPSA) is 58.0 Å². The fraction of sp³-hybridized carbons (Fsp3) is 0.562. The van der Waals surface area contributed by atoms with E-state index in [4.69, 9.17) is 4.84 Å². The summed E-state index contributed by atoms with van der Waals surface area (Å²) in [6, 6.07) is 4.01. The molecule has 0 radical (unpaired) electrons. The smallest absolute Gasteiger partial charge is 0.267 e. The molecule has 22 heavy (non-hydrogen) atoms. The van der Waals surface area contributed by atoms with E-state index in [0.717, 1.165) is 31.0 Å². The van der Waals surface area contributed by atoms with Crippen LogP contribution in [0.5, 0.6) is 0 Å². The molecule has 2 aliphatic heterocycles. The minimum atomic E-state index is -0.418. The Labute approximate surface area is 130 Å². The van der Waals surface area contributed by atoms with Crippen molar-refractivity contribution in [3.63, 3.8) is 0 Å². The van der Waals surface area contributed by atoms with Crippen LogP contribution >= 0.6 is 0 Å². The molecule has 3 rings (SSSR count). The van der Waals surface area contributed by atoms with Crippen LogP contribution < -0.4 is 4.90 Å². The van der Waals surface area contributed by atoms with Crippen molar-refractivity contribution < 1.29 is 9.63 Å². The molecule has 3 heterocycles. The predicted octanol–water partition coefficient (Wildman–Crippen LogP) is 1.59. The summed E-state index contributed by atoms with van der Waals surface area (Å²) in [5.41, 5.74) is 2.14. The fourth-order valence-electron chi connectivity index (χ4n) is 2.92. The largest absolute Gasteiger partial charge is 0.382 e. The van der Waals surface area contributed by atoms with Crippen molar-refractivity contribution >= 4 is 17.4 Å². The summed E-state index contributed by atoms with van der Waals surface area (Å²) in [5.74, 6) is 1.08. The molecule has 0 spiro atoms. The van der Waals surface area contributed by atoms with Crippen molar-refractivity contribution in [2.75, 3.05) is 31.1 Å². The van der Waals surface area contributed by atoms with Gasteiger partial charge in [0.15, 0.2) is 0 Å². The molecule has 6 nitrogen and oxygen atoms in total. The maximum Gasteiger partial charge on any atom is 0.267 e. The molecule has 0 N–H and O–H groups in total. The van der Waals surface area contributed by atoms with E-state index in [0.29, 0.717) is 19.5 Å². The van der Waals surface area contributed by atoms with Gasteiger partial charge in [0.25, 0.3) is 5.91 Å². The van der Waals surface area contributed by atoms with Crippen molar-refractivity contribution in [2.24, 2.45) is 5.16 Å². The Morgan fingerprint density at radius 1 is 1.36 bits per heavy atom. The summed E-state index contributed by atoms with van der Waals surface area (Å²) in [4.78, 5) is 26.3. The van der Waals surface area contributed by atoms with E-state index in [-0.39, 0.29) is 5.91 Å². The maximum absolute atomic E-state index is 12.5. The van der Waals surface area contributed by atoms with Crippen LogP contribution in [0, 0.1) is 6.92 Å². The molecule has 118 valence electrons. The monoisotopic (exact) mass is 302 g/mol. The van der Waals surface area contributed by atoms with E-state index in [1.807, 2.05) is 24.1 Å². The number of carbonyl (C=O) groups is 1. The SMILES string of the molecule is CCC1=NOC(C(=O)N2CCN(c3ncccc3C)CC2)C1. The number of carbonyl (C=O) groups excluding carboxylic acids is 1. The van der Waals surface area contributed by atoms with E-state index in [1.165, 1.54) is 5.56 Å². The van der Waals surface area contributed by atoms with Crippen LogP contribution in [0.15, 0.2) is 23.5 Å². The van der Waals surface area contributed by atoms with Gasteiger partial charge in [-0.05, 0) is 25.0 Å². The second-order valence-corrected chi connectivity index (χ2v) is 5.77. The highest BCUT2D eigenvalue weighted by atomic mass is 16.6. The molecule has 1 saturated heterocycles. The van der Waals surface area contributed by atoms with Crippen molar-refractivity contribution in [1.82, 2.24) is 9.88 Å². The summed E-state index contributed by atoms with van der Waals surface area (Å²) in [5, 5.41) is 3.97. The van der Waals surface area contributed by atoms with Crippen molar-refractivity contribution in [3.05, 3.63) is 23.9 Å². The molecule has 1 aromatic heterocycles. The highest BCUT2D eigenvalue weighted by Gasteiger charge is 2.33. The molecule has 1 unspecified atom stereocenters. The number of hydrogen-bond donors (Lipinski definition) is 0. The highest BCUT2D eigenvalue weighted by Crippen LogP contribution is 2.20. The molecule has 6 heteroatoms. The highest BCUT2D eigenvalue weighted by molar-refractivity contribution is 5.92. The van der Waals surface area contributed by atoms with Crippen LogP contribution in [0.1, 0.15) is 25.3 Å². The number of hydrogen-bond acceptors (Lipinski definition) is 5. The minimum absolute atomic E-state index is 0.0598. The Hall–Kier alpha value is -2.11. The van der Waals surface area contributed by atoms with Crippen molar-refractivity contribution in [3.8, 4) is 0 Å². The number of aromatic nitrogens is 1. The van der Waals surface area contributed by atoms with Gasteiger partial charge in [-0.2, -0.15) is 0 Å². The Morgan fingerprint density at radius 3 is 2.77 bits per heavy atom. The van der Waals surface area contributed by atoms with E-state index in [9.17, 15) is 4.79 Å².